The highest BCUT2D eigenvalue weighted by molar-refractivity contribution is 5.14. The van der Waals surface area contributed by atoms with Gasteiger partial charge in [0.15, 0.2) is 6.54 Å². The van der Waals surface area contributed by atoms with Crippen molar-refractivity contribution in [3.05, 3.63) is 0 Å². The first-order chi connectivity index (χ1) is 3.80. The summed E-state index contributed by atoms with van der Waals surface area (Å²) in [7, 11) is 0. The second-order valence-electron chi connectivity index (χ2n) is 1.87. The lowest BCUT2D eigenvalue weighted by Gasteiger charge is -2.14. The van der Waals surface area contributed by atoms with Crippen LogP contribution < -0.4 is 0 Å². The molecule has 3 nitrogen and oxygen atoms in total. The minimum absolute atomic E-state index is 0.392. The molecule has 8 heavy (non-hydrogen) atoms. The lowest BCUT2D eigenvalue weighted by atomic mass is 10.5. The van der Waals surface area contributed by atoms with Crippen LogP contribution in [0.5, 0.6) is 0 Å². The maximum atomic E-state index is 8.92. The van der Waals surface area contributed by atoms with E-state index in [1.165, 1.54) is 0 Å². The SMILES string of the molecule is C=[N+]1CCOCC1O. The molecular weight excluding hydrogens is 106 g/mol. The lowest BCUT2D eigenvalue weighted by Crippen LogP contribution is -2.37. The molecule has 0 radical (unpaired) electrons. The van der Waals surface area contributed by atoms with Gasteiger partial charge in [-0.15, -0.1) is 0 Å². The summed E-state index contributed by atoms with van der Waals surface area (Å²) in [5.41, 5.74) is 0. The number of aliphatic hydroxyl groups is 1. The number of ether oxygens (including phenoxy) is 1. The van der Waals surface area contributed by atoms with Gasteiger partial charge >= 0.3 is 0 Å². The maximum absolute atomic E-state index is 8.92. The molecule has 46 valence electrons. The Kier molecular flexibility index (Phi) is 1.60. The predicted octanol–water partition coefficient (Wildman–Crippen LogP) is -0.952. The summed E-state index contributed by atoms with van der Waals surface area (Å²) < 4.78 is 6.54. The second-order valence-corrected chi connectivity index (χ2v) is 1.87. The van der Waals surface area contributed by atoms with Crippen molar-refractivity contribution in [3.63, 3.8) is 0 Å². The van der Waals surface area contributed by atoms with Crippen molar-refractivity contribution in [2.45, 2.75) is 6.23 Å². The molecule has 0 saturated carbocycles. The molecule has 0 aromatic rings. The van der Waals surface area contributed by atoms with Gasteiger partial charge in [0.05, 0.1) is 0 Å². The van der Waals surface area contributed by atoms with Crippen LogP contribution in [0.4, 0.5) is 0 Å². The molecule has 0 aromatic carbocycles. The standard InChI is InChI=1S/C5H10NO2/c1-6-2-3-8-4-5(6)7/h5,7H,1-4H2/q+1. The molecule has 1 aliphatic rings. The van der Waals surface area contributed by atoms with Gasteiger partial charge in [-0.1, -0.05) is 0 Å². The van der Waals surface area contributed by atoms with Crippen LogP contribution >= 0.6 is 0 Å². The second kappa shape index (κ2) is 2.24. The van der Waals surface area contributed by atoms with E-state index in [4.69, 9.17) is 9.84 Å². The van der Waals surface area contributed by atoms with E-state index in [0.29, 0.717) is 13.2 Å². The monoisotopic (exact) mass is 116 g/mol. The predicted molar refractivity (Wildman–Crippen MR) is 29.1 cm³/mol. The first-order valence-corrected chi connectivity index (χ1v) is 2.63. The molecular formula is C5H10NO2+. The molecule has 0 bridgehead atoms. The zero-order valence-electron chi connectivity index (χ0n) is 4.71. The number of nitrogens with zero attached hydrogens (tertiary/aromatic N) is 1. The largest absolute Gasteiger partial charge is 0.365 e. The van der Waals surface area contributed by atoms with Gasteiger partial charge < -0.3 is 9.84 Å². The Balaban J connectivity index is 2.39. The normalized spacial score (nSPS) is 30.6. The van der Waals surface area contributed by atoms with Crippen molar-refractivity contribution < 1.29 is 14.4 Å². The molecule has 1 atom stereocenters. The van der Waals surface area contributed by atoms with E-state index in [9.17, 15) is 0 Å². The highest BCUT2D eigenvalue weighted by Crippen LogP contribution is 1.93. The number of hydrogen-bond donors (Lipinski definition) is 1. The third-order valence-corrected chi connectivity index (χ3v) is 1.21. The minimum atomic E-state index is -0.497. The average Bonchev–Trinajstić information content (AvgIpc) is 1.77. The molecule has 0 aromatic heterocycles. The fourth-order valence-electron chi connectivity index (χ4n) is 0.625. The summed E-state index contributed by atoms with van der Waals surface area (Å²) >= 11 is 0. The summed E-state index contributed by atoms with van der Waals surface area (Å²) in [6.45, 7) is 5.38. The third kappa shape index (κ3) is 1.05. The van der Waals surface area contributed by atoms with Crippen molar-refractivity contribution in [2.75, 3.05) is 19.8 Å². The van der Waals surface area contributed by atoms with Gasteiger partial charge in [-0.3, -0.25) is 0 Å². The Morgan fingerprint density at radius 2 is 2.50 bits per heavy atom. The molecule has 1 fully saturated rings. The quantitative estimate of drug-likeness (QED) is 0.414. The maximum Gasteiger partial charge on any atom is 0.278 e. The minimum Gasteiger partial charge on any atom is -0.365 e. The number of hydrogen-bond acceptors (Lipinski definition) is 2. The van der Waals surface area contributed by atoms with Gasteiger partial charge in [-0.25, -0.2) is 4.58 Å². The van der Waals surface area contributed by atoms with E-state index in [1.807, 2.05) is 0 Å². The molecule has 0 spiro atoms. The fourth-order valence-corrected chi connectivity index (χ4v) is 0.625. The van der Waals surface area contributed by atoms with Gasteiger partial charge in [-0.05, 0) is 0 Å². The zero-order chi connectivity index (χ0) is 5.98. The summed E-state index contributed by atoms with van der Waals surface area (Å²) in [5.74, 6) is 0. The number of morpholine rings is 1. The van der Waals surface area contributed by atoms with Crippen LogP contribution in [-0.2, 0) is 4.74 Å². The summed E-state index contributed by atoms with van der Waals surface area (Å²) in [5, 5.41) is 8.92. The van der Waals surface area contributed by atoms with Crippen molar-refractivity contribution in [2.24, 2.45) is 0 Å². The van der Waals surface area contributed by atoms with Crippen LogP contribution in [0, 0.1) is 0 Å². The highest BCUT2D eigenvalue weighted by atomic mass is 16.5. The topological polar surface area (TPSA) is 32.5 Å². The van der Waals surface area contributed by atoms with Crippen molar-refractivity contribution in [1.29, 1.82) is 0 Å². The zero-order valence-corrected chi connectivity index (χ0v) is 4.71. The van der Waals surface area contributed by atoms with E-state index < -0.39 is 6.23 Å². The van der Waals surface area contributed by atoms with Crippen molar-refractivity contribution >= 4 is 6.72 Å². The van der Waals surface area contributed by atoms with E-state index in [2.05, 4.69) is 6.72 Å². The Morgan fingerprint density at radius 1 is 1.75 bits per heavy atom. The molecule has 1 rings (SSSR count). The molecule has 0 amide bonds. The first-order valence-electron chi connectivity index (χ1n) is 2.63. The van der Waals surface area contributed by atoms with Crippen LogP contribution in [-0.4, -0.2) is 42.4 Å². The van der Waals surface area contributed by atoms with Crippen LogP contribution in [0.25, 0.3) is 0 Å². The van der Waals surface area contributed by atoms with Crippen molar-refractivity contribution in [1.82, 2.24) is 0 Å². The molecule has 1 N–H and O–H groups in total. The van der Waals surface area contributed by atoms with Crippen LogP contribution in [0.15, 0.2) is 0 Å². The Labute approximate surface area is 48.2 Å². The summed E-state index contributed by atoms with van der Waals surface area (Å²) in [4.78, 5) is 0. The van der Waals surface area contributed by atoms with E-state index in [1.54, 1.807) is 4.58 Å². The first kappa shape index (κ1) is 5.72. The van der Waals surface area contributed by atoms with Crippen LogP contribution in [0.3, 0.4) is 0 Å². The van der Waals surface area contributed by atoms with E-state index in [0.717, 1.165) is 6.54 Å². The van der Waals surface area contributed by atoms with Crippen LogP contribution in [0.1, 0.15) is 0 Å². The van der Waals surface area contributed by atoms with Gasteiger partial charge in [0.2, 0.25) is 0 Å². The Hall–Kier alpha value is -0.410. The van der Waals surface area contributed by atoms with Gasteiger partial charge in [0.25, 0.3) is 6.23 Å². The van der Waals surface area contributed by atoms with E-state index in [-0.39, 0.29) is 0 Å². The smallest absolute Gasteiger partial charge is 0.278 e. The van der Waals surface area contributed by atoms with Gasteiger partial charge in [-0.2, -0.15) is 0 Å². The van der Waals surface area contributed by atoms with Crippen LogP contribution in [0.2, 0.25) is 0 Å². The summed E-state index contributed by atoms with van der Waals surface area (Å²) in [6.07, 6.45) is -0.497. The van der Waals surface area contributed by atoms with E-state index >= 15 is 0 Å². The molecule has 1 saturated heterocycles. The molecule has 1 aliphatic heterocycles. The summed E-state index contributed by atoms with van der Waals surface area (Å²) in [6, 6.07) is 0. The molecule has 1 unspecified atom stereocenters. The average molecular weight is 116 g/mol. The van der Waals surface area contributed by atoms with Crippen molar-refractivity contribution in [3.8, 4) is 0 Å². The number of aliphatic hydroxyl groups excluding tert-OH is 1. The lowest BCUT2D eigenvalue weighted by molar-refractivity contribution is -0.622. The molecule has 3 heteroatoms. The highest BCUT2D eigenvalue weighted by Gasteiger charge is 2.19. The Bertz CT molecular complexity index is 103. The molecule has 0 aliphatic carbocycles. The van der Waals surface area contributed by atoms with Gasteiger partial charge in [0, 0.05) is 0 Å². The third-order valence-electron chi connectivity index (χ3n) is 1.21. The number of rotatable bonds is 0. The van der Waals surface area contributed by atoms with Gasteiger partial charge in [0.1, 0.15) is 19.9 Å². The Morgan fingerprint density at radius 3 is 2.88 bits per heavy atom. The molecule has 1 heterocycles. The fraction of sp³-hybridized carbons (Fsp3) is 0.800.